The molecule has 0 bridgehead atoms. The van der Waals surface area contributed by atoms with Crippen LogP contribution in [0.1, 0.15) is 54.6 Å². The normalized spacial score (nSPS) is 17.4. The molecule has 2 N–H and O–H groups in total. The Kier molecular flexibility index (Phi) is 3.11. The molecular formula is C16H18N4O3. The number of nitrogens with one attached hydrogen (secondary N) is 2. The van der Waals surface area contributed by atoms with Gasteiger partial charge in [-0.05, 0) is 38.7 Å². The topological polar surface area (TPSA) is 96.9 Å². The molecule has 0 spiro atoms. The Morgan fingerprint density at radius 2 is 2.09 bits per heavy atom. The number of pyridine rings is 1. The number of carbonyl (C=O) groups is 1. The van der Waals surface area contributed by atoms with Crippen LogP contribution in [0.25, 0.3) is 11.0 Å². The maximum atomic E-state index is 12.6. The molecule has 0 aromatic carbocycles. The molecule has 2 aromatic rings. The third kappa shape index (κ3) is 2.46. The van der Waals surface area contributed by atoms with Crippen molar-refractivity contribution in [1.82, 2.24) is 19.9 Å². The van der Waals surface area contributed by atoms with Gasteiger partial charge in [-0.2, -0.15) is 0 Å². The Morgan fingerprint density at radius 1 is 1.35 bits per heavy atom. The van der Waals surface area contributed by atoms with Gasteiger partial charge in [-0.3, -0.25) is 19.1 Å². The molecule has 1 amide bonds. The summed E-state index contributed by atoms with van der Waals surface area (Å²) >= 11 is 0. The maximum Gasteiger partial charge on any atom is 0.329 e. The number of rotatable bonds is 4. The SMILES string of the molecule is CCn1c(=O)[nH]c(=O)c2c(C(=O)NC3CC3)cc(C3CC3)nc21. The zero-order valence-corrected chi connectivity index (χ0v) is 12.9. The van der Waals surface area contributed by atoms with Crippen molar-refractivity contribution >= 4 is 16.9 Å². The Hall–Kier alpha value is -2.44. The number of amides is 1. The summed E-state index contributed by atoms with van der Waals surface area (Å²) in [6.07, 6.45) is 4.00. The van der Waals surface area contributed by atoms with Gasteiger partial charge in [-0.1, -0.05) is 0 Å². The van der Waals surface area contributed by atoms with Gasteiger partial charge in [0.1, 0.15) is 0 Å². The number of carbonyl (C=O) groups excluding carboxylic acids is 1. The molecule has 0 saturated heterocycles. The summed E-state index contributed by atoms with van der Waals surface area (Å²) in [5.74, 6) is 0.0696. The Balaban J connectivity index is 2.00. The fraction of sp³-hybridized carbons (Fsp3) is 0.500. The van der Waals surface area contributed by atoms with Gasteiger partial charge in [0, 0.05) is 24.2 Å². The minimum absolute atomic E-state index is 0.200. The molecule has 4 rings (SSSR count). The van der Waals surface area contributed by atoms with E-state index in [9.17, 15) is 14.4 Å². The van der Waals surface area contributed by atoms with E-state index in [4.69, 9.17) is 0 Å². The first kappa shape index (κ1) is 14.2. The average Bonchev–Trinajstić information content (AvgIpc) is 3.39. The minimum Gasteiger partial charge on any atom is -0.349 e. The van der Waals surface area contributed by atoms with Gasteiger partial charge in [-0.25, -0.2) is 9.78 Å². The number of fused-ring (bicyclic) bond motifs is 1. The predicted molar refractivity (Wildman–Crippen MR) is 84.8 cm³/mol. The summed E-state index contributed by atoms with van der Waals surface area (Å²) < 4.78 is 1.41. The lowest BCUT2D eigenvalue weighted by atomic mass is 10.1. The maximum absolute atomic E-state index is 12.6. The van der Waals surface area contributed by atoms with Gasteiger partial charge in [-0.15, -0.1) is 0 Å². The lowest BCUT2D eigenvalue weighted by molar-refractivity contribution is 0.0952. The molecule has 7 heteroatoms. The number of nitrogens with zero attached hydrogens (tertiary/aromatic N) is 2. The fourth-order valence-electron chi connectivity index (χ4n) is 2.84. The van der Waals surface area contributed by atoms with Gasteiger partial charge < -0.3 is 5.32 Å². The van der Waals surface area contributed by atoms with Crippen molar-refractivity contribution in [3.8, 4) is 0 Å². The van der Waals surface area contributed by atoms with Gasteiger partial charge >= 0.3 is 5.69 Å². The molecule has 0 atom stereocenters. The van der Waals surface area contributed by atoms with Crippen LogP contribution in [0.4, 0.5) is 0 Å². The largest absolute Gasteiger partial charge is 0.349 e. The predicted octanol–water partition coefficient (Wildman–Crippen LogP) is 0.874. The highest BCUT2D eigenvalue weighted by atomic mass is 16.2. The smallest absolute Gasteiger partial charge is 0.329 e. The van der Waals surface area contributed by atoms with E-state index in [-0.39, 0.29) is 17.3 Å². The van der Waals surface area contributed by atoms with E-state index >= 15 is 0 Å². The van der Waals surface area contributed by atoms with Crippen molar-refractivity contribution in [1.29, 1.82) is 0 Å². The quantitative estimate of drug-likeness (QED) is 0.875. The van der Waals surface area contributed by atoms with E-state index < -0.39 is 11.2 Å². The second kappa shape index (κ2) is 5.04. The molecule has 2 aromatic heterocycles. The van der Waals surface area contributed by atoms with Gasteiger partial charge in [0.05, 0.1) is 10.9 Å². The molecule has 2 saturated carbocycles. The van der Waals surface area contributed by atoms with E-state index in [1.165, 1.54) is 4.57 Å². The number of hydrogen-bond acceptors (Lipinski definition) is 4. The first-order chi connectivity index (χ1) is 11.1. The third-order valence-corrected chi connectivity index (χ3v) is 4.44. The van der Waals surface area contributed by atoms with E-state index in [1.807, 2.05) is 6.92 Å². The van der Waals surface area contributed by atoms with Crippen molar-refractivity contribution in [2.75, 3.05) is 0 Å². The molecule has 2 heterocycles. The van der Waals surface area contributed by atoms with Crippen LogP contribution >= 0.6 is 0 Å². The summed E-state index contributed by atoms with van der Waals surface area (Å²) in [7, 11) is 0. The van der Waals surface area contributed by atoms with E-state index in [0.29, 0.717) is 23.7 Å². The standard InChI is InChI=1S/C16H18N4O3/c1-2-20-13-12(15(22)19-16(20)23)10(14(21)17-9-5-6-9)7-11(18-13)8-3-4-8/h7-9H,2-6H2,1H3,(H,17,21)(H,19,22,23). The molecule has 0 radical (unpaired) electrons. The van der Waals surface area contributed by atoms with Crippen molar-refractivity contribution in [2.45, 2.75) is 51.1 Å². The van der Waals surface area contributed by atoms with E-state index in [2.05, 4.69) is 15.3 Å². The molecule has 120 valence electrons. The Bertz CT molecular complexity index is 919. The number of aromatic nitrogens is 3. The highest BCUT2D eigenvalue weighted by Gasteiger charge is 2.30. The molecule has 23 heavy (non-hydrogen) atoms. The van der Waals surface area contributed by atoms with Crippen LogP contribution in [0, 0.1) is 0 Å². The molecule has 2 aliphatic rings. The third-order valence-electron chi connectivity index (χ3n) is 4.44. The van der Waals surface area contributed by atoms with Gasteiger partial charge in [0.15, 0.2) is 5.65 Å². The van der Waals surface area contributed by atoms with Crippen molar-refractivity contribution in [2.24, 2.45) is 0 Å². The summed E-state index contributed by atoms with van der Waals surface area (Å²) in [4.78, 5) is 43.7. The Labute approximate surface area is 131 Å². The Morgan fingerprint density at radius 3 is 2.70 bits per heavy atom. The van der Waals surface area contributed by atoms with Crippen LogP contribution in [-0.2, 0) is 6.54 Å². The average molecular weight is 314 g/mol. The zero-order valence-electron chi connectivity index (χ0n) is 12.9. The van der Waals surface area contributed by atoms with Gasteiger partial charge in [0.2, 0.25) is 0 Å². The van der Waals surface area contributed by atoms with Crippen molar-refractivity contribution < 1.29 is 4.79 Å². The fourth-order valence-corrected chi connectivity index (χ4v) is 2.84. The molecule has 7 nitrogen and oxygen atoms in total. The van der Waals surface area contributed by atoms with Gasteiger partial charge in [0.25, 0.3) is 11.5 Å². The molecule has 0 unspecified atom stereocenters. The van der Waals surface area contributed by atoms with Crippen LogP contribution in [-0.4, -0.2) is 26.5 Å². The molecule has 0 aliphatic heterocycles. The monoisotopic (exact) mass is 314 g/mol. The first-order valence-electron chi connectivity index (χ1n) is 8.07. The summed E-state index contributed by atoms with van der Waals surface area (Å²) in [6, 6.07) is 1.92. The lowest BCUT2D eigenvalue weighted by Gasteiger charge is -2.12. The molecular weight excluding hydrogens is 296 g/mol. The lowest BCUT2D eigenvalue weighted by Crippen LogP contribution is -2.33. The first-order valence-corrected chi connectivity index (χ1v) is 8.07. The number of hydrogen-bond donors (Lipinski definition) is 2. The number of H-pyrrole nitrogens is 1. The highest BCUT2D eigenvalue weighted by Crippen LogP contribution is 2.39. The van der Waals surface area contributed by atoms with E-state index in [0.717, 1.165) is 31.4 Å². The summed E-state index contributed by atoms with van der Waals surface area (Å²) in [5.41, 5.74) is 0.397. The van der Waals surface area contributed by atoms with Crippen LogP contribution in [0.2, 0.25) is 0 Å². The van der Waals surface area contributed by atoms with Crippen molar-refractivity contribution in [3.63, 3.8) is 0 Å². The van der Waals surface area contributed by atoms with Crippen molar-refractivity contribution in [3.05, 3.63) is 38.2 Å². The molecule has 2 aliphatic carbocycles. The summed E-state index contributed by atoms with van der Waals surface area (Å²) in [5, 5.41) is 3.12. The van der Waals surface area contributed by atoms with E-state index in [1.54, 1.807) is 6.07 Å². The highest BCUT2D eigenvalue weighted by molar-refractivity contribution is 6.05. The van der Waals surface area contributed by atoms with Crippen LogP contribution in [0.3, 0.4) is 0 Å². The minimum atomic E-state index is -0.550. The van der Waals surface area contributed by atoms with Crippen LogP contribution < -0.4 is 16.6 Å². The zero-order chi connectivity index (χ0) is 16.1. The second-order valence-electron chi connectivity index (χ2n) is 6.32. The second-order valence-corrected chi connectivity index (χ2v) is 6.32. The molecule has 2 fully saturated rings. The summed E-state index contributed by atoms with van der Waals surface area (Å²) in [6.45, 7) is 2.20. The van der Waals surface area contributed by atoms with Crippen LogP contribution in [0.5, 0.6) is 0 Å². The van der Waals surface area contributed by atoms with Crippen LogP contribution in [0.15, 0.2) is 15.7 Å². The number of aromatic amines is 1. The number of aryl methyl sites for hydroxylation is 1.